The van der Waals surface area contributed by atoms with Crippen molar-refractivity contribution in [3.05, 3.63) is 88.3 Å². The highest BCUT2D eigenvalue weighted by Gasteiger charge is 2.17. The number of aromatic nitrogens is 3. The fraction of sp³-hybridized carbons (Fsp3) is 0.0800. The van der Waals surface area contributed by atoms with Crippen molar-refractivity contribution in [1.82, 2.24) is 15.2 Å². The first-order valence-electron chi connectivity index (χ1n) is 10.4. The van der Waals surface area contributed by atoms with Crippen LogP contribution in [-0.2, 0) is 9.53 Å². The van der Waals surface area contributed by atoms with Crippen LogP contribution in [0, 0.1) is 6.92 Å². The standard InChI is InChI=1S/C25H18N4O4S/c1-14-6-11-19-20(12-14)34-24(27-19)15-7-9-16(10-8-15)26-21(30)13-33-25(32)22-17-4-2-3-5-18(17)23(31)29-28-22/h2-12H,13H2,1H3,(H,26,30)(H,29,31). The van der Waals surface area contributed by atoms with Crippen LogP contribution in [0.5, 0.6) is 0 Å². The molecule has 0 radical (unpaired) electrons. The highest BCUT2D eigenvalue weighted by atomic mass is 32.1. The van der Waals surface area contributed by atoms with Crippen LogP contribution in [0.2, 0.25) is 0 Å². The minimum Gasteiger partial charge on any atom is -0.451 e. The normalized spacial score (nSPS) is 11.0. The number of nitrogens with zero attached hydrogens (tertiary/aromatic N) is 2. The number of amides is 1. The van der Waals surface area contributed by atoms with Crippen molar-refractivity contribution in [2.45, 2.75) is 6.92 Å². The molecule has 0 unspecified atom stereocenters. The maximum absolute atomic E-state index is 12.4. The number of aromatic amines is 1. The average molecular weight is 471 g/mol. The van der Waals surface area contributed by atoms with Gasteiger partial charge in [0.2, 0.25) is 0 Å². The van der Waals surface area contributed by atoms with Crippen LogP contribution in [-0.4, -0.2) is 33.7 Å². The Bertz CT molecular complexity index is 1610. The van der Waals surface area contributed by atoms with Gasteiger partial charge in [0, 0.05) is 16.6 Å². The van der Waals surface area contributed by atoms with Crippen molar-refractivity contribution in [3.63, 3.8) is 0 Å². The Balaban J connectivity index is 1.23. The molecular weight excluding hydrogens is 452 g/mol. The summed E-state index contributed by atoms with van der Waals surface area (Å²) in [5.41, 5.74) is 3.18. The second-order valence-corrected chi connectivity index (χ2v) is 8.67. The molecule has 5 aromatic rings. The molecular formula is C25H18N4O4S. The molecule has 3 aromatic carbocycles. The second-order valence-electron chi connectivity index (χ2n) is 7.64. The van der Waals surface area contributed by atoms with Gasteiger partial charge >= 0.3 is 5.97 Å². The van der Waals surface area contributed by atoms with E-state index in [4.69, 9.17) is 4.74 Å². The van der Waals surface area contributed by atoms with Crippen molar-refractivity contribution >= 4 is 49.9 Å². The van der Waals surface area contributed by atoms with Crippen molar-refractivity contribution < 1.29 is 14.3 Å². The van der Waals surface area contributed by atoms with Crippen LogP contribution >= 0.6 is 11.3 Å². The number of carbonyl (C=O) groups is 2. The number of carbonyl (C=O) groups excluding carboxylic acids is 2. The summed E-state index contributed by atoms with van der Waals surface area (Å²) in [5.74, 6) is -1.30. The van der Waals surface area contributed by atoms with Crippen LogP contribution in [0.25, 0.3) is 31.6 Å². The number of fused-ring (bicyclic) bond motifs is 2. The summed E-state index contributed by atoms with van der Waals surface area (Å²) in [6.07, 6.45) is 0. The van der Waals surface area contributed by atoms with E-state index in [1.54, 1.807) is 47.7 Å². The van der Waals surface area contributed by atoms with Gasteiger partial charge in [0.1, 0.15) is 5.01 Å². The molecule has 0 aliphatic rings. The first kappa shape index (κ1) is 21.5. The average Bonchev–Trinajstić information content (AvgIpc) is 3.27. The van der Waals surface area contributed by atoms with Gasteiger partial charge in [-0.05, 0) is 55.0 Å². The number of anilines is 1. The monoisotopic (exact) mass is 470 g/mol. The Morgan fingerprint density at radius 2 is 1.79 bits per heavy atom. The van der Waals surface area contributed by atoms with Crippen molar-refractivity contribution in [3.8, 4) is 10.6 Å². The predicted molar refractivity (Wildman–Crippen MR) is 131 cm³/mol. The molecule has 0 saturated heterocycles. The van der Waals surface area contributed by atoms with Crippen LogP contribution in [0.4, 0.5) is 5.69 Å². The van der Waals surface area contributed by atoms with E-state index in [1.807, 2.05) is 31.2 Å². The van der Waals surface area contributed by atoms with Gasteiger partial charge < -0.3 is 10.1 Å². The summed E-state index contributed by atoms with van der Waals surface area (Å²) in [6.45, 7) is 1.56. The molecule has 0 fully saturated rings. The molecule has 0 bridgehead atoms. The first-order valence-corrected chi connectivity index (χ1v) is 11.2. The molecule has 168 valence electrons. The van der Waals surface area contributed by atoms with Crippen LogP contribution in [0.3, 0.4) is 0 Å². The summed E-state index contributed by atoms with van der Waals surface area (Å²) in [5, 5.41) is 10.3. The van der Waals surface area contributed by atoms with E-state index in [2.05, 4.69) is 26.6 Å². The maximum atomic E-state index is 12.4. The lowest BCUT2D eigenvalue weighted by Crippen LogP contribution is -2.22. The Morgan fingerprint density at radius 1 is 1.03 bits per heavy atom. The number of rotatable bonds is 5. The third-order valence-corrected chi connectivity index (χ3v) is 6.25. The molecule has 0 aliphatic heterocycles. The number of nitrogens with one attached hydrogen (secondary N) is 2. The smallest absolute Gasteiger partial charge is 0.359 e. The van der Waals surface area contributed by atoms with Crippen molar-refractivity contribution in [2.24, 2.45) is 0 Å². The number of aryl methyl sites for hydroxylation is 1. The largest absolute Gasteiger partial charge is 0.451 e. The molecule has 8 nitrogen and oxygen atoms in total. The van der Waals surface area contributed by atoms with E-state index in [0.717, 1.165) is 20.8 Å². The van der Waals surface area contributed by atoms with Gasteiger partial charge in [-0.1, -0.05) is 24.3 Å². The quantitative estimate of drug-likeness (QED) is 0.370. The summed E-state index contributed by atoms with van der Waals surface area (Å²) >= 11 is 1.61. The molecule has 9 heteroatoms. The van der Waals surface area contributed by atoms with E-state index in [0.29, 0.717) is 16.5 Å². The maximum Gasteiger partial charge on any atom is 0.359 e. The third-order valence-electron chi connectivity index (χ3n) is 5.18. The lowest BCUT2D eigenvalue weighted by molar-refractivity contribution is -0.119. The first-order chi connectivity index (χ1) is 16.5. The lowest BCUT2D eigenvalue weighted by Gasteiger charge is -2.08. The molecule has 2 aromatic heterocycles. The number of ether oxygens (including phenoxy) is 1. The van der Waals surface area contributed by atoms with Crippen LogP contribution in [0.1, 0.15) is 16.1 Å². The van der Waals surface area contributed by atoms with E-state index in [-0.39, 0.29) is 5.69 Å². The zero-order valence-corrected chi connectivity index (χ0v) is 18.8. The highest BCUT2D eigenvalue weighted by molar-refractivity contribution is 7.21. The summed E-state index contributed by atoms with van der Waals surface area (Å²) in [4.78, 5) is 41.2. The molecule has 1 amide bonds. The fourth-order valence-electron chi connectivity index (χ4n) is 3.52. The number of hydrogen-bond donors (Lipinski definition) is 2. The number of H-pyrrole nitrogens is 1. The topological polar surface area (TPSA) is 114 Å². The molecule has 2 heterocycles. The van der Waals surface area contributed by atoms with Gasteiger partial charge in [-0.15, -0.1) is 11.3 Å². The highest BCUT2D eigenvalue weighted by Crippen LogP contribution is 2.31. The SMILES string of the molecule is Cc1ccc2nc(-c3ccc(NC(=O)COC(=O)c4n[nH]c(=O)c5ccccc45)cc3)sc2c1. The molecule has 34 heavy (non-hydrogen) atoms. The van der Waals surface area contributed by atoms with Gasteiger partial charge in [-0.25, -0.2) is 14.9 Å². The Labute approximate surface area is 197 Å². The molecule has 0 aliphatic carbocycles. The summed E-state index contributed by atoms with van der Waals surface area (Å²) < 4.78 is 6.23. The molecule has 0 atom stereocenters. The zero-order valence-electron chi connectivity index (χ0n) is 18.0. The fourth-order valence-corrected chi connectivity index (χ4v) is 4.59. The molecule has 0 spiro atoms. The van der Waals surface area contributed by atoms with Gasteiger partial charge in [0.25, 0.3) is 11.5 Å². The van der Waals surface area contributed by atoms with Gasteiger partial charge in [0.15, 0.2) is 12.3 Å². The van der Waals surface area contributed by atoms with Crippen LogP contribution < -0.4 is 10.9 Å². The van der Waals surface area contributed by atoms with E-state index >= 15 is 0 Å². The Hall–Kier alpha value is -4.37. The lowest BCUT2D eigenvalue weighted by atomic mass is 10.1. The number of thiazole rings is 1. The predicted octanol–water partition coefficient (Wildman–Crippen LogP) is 4.30. The Kier molecular flexibility index (Phi) is 5.60. The minimum atomic E-state index is -0.802. The van der Waals surface area contributed by atoms with Gasteiger partial charge in [-0.3, -0.25) is 9.59 Å². The van der Waals surface area contributed by atoms with Crippen LogP contribution in [0.15, 0.2) is 71.5 Å². The summed E-state index contributed by atoms with van der Waals surface area (Å²) in [6, 6.07) is 20.0. The summed E-state index contributed by atoms with van der Waals surface area (Å²) in [7, 11) is 0. The number of esters is 1. The van der Waals surface area contributed by atoms with E-state index in [9.17, 15) is 14.4 Å². The van der Waals surface area contributed by atoms with Gasteiger partial charge in [-0.2, -0.15) is 5.10 Å². The second kappa shape index (κ2) is 8.87. The molecule has 0 saturated carbocycles. The number of benzene rings is 3. The third kappa shape index (κ3) is 4.28. The Morgan fingerprint density at radius 3 is 2.59 bits per heavy atom. The van der Waals surface area contributed by atoms with Crippen molar-refractivity contribution in [1.29, 1.82) is 0 Å². The molecule has 5 rings (SSSR count). The van der Waals surface area contributed by atoms with Gasteiger partial charge in [0.05, 0.1) is 15.6 Å². The minimum absolute atomic E-state index is 0.0571. The number of hydrogen-bond acceptors (Lipinski definition) is 7. The molecule has 2 N–H and O–H groups in total. The van der Waals surface area contributed by atoms with Crippen molar-refractivity contribution in [2.75, 3.05) is 11.9 Å². The van der Waals surface area contributed by atoms with E-state index < -0.39 is 24.0 Å². The zero-order chi connectivity index (χ0) is 23.7. The van der Waals surface area contributed by atoms with E-state index in [1.165, 1.54) is 5.56 Å².